The molecule has 0 fully saturated rings. The number of alkyl halides is 2. The number of rotatable bonds is 5. The number of carbonyl (C=O) groups is 1. The molecule has 21 heavy (non-hydrogen) atoms. The van der Waals surface area contributed by atoms with Crippen molar-refractivity contribution in [3.8, 4) is 5.75 Å². The maximum atomic E-state index is 12.2. The summed E-state index contributed by atoms with van der Waals surface area (Å²) >= 11 is 0. The second kappa shape index (κ2) is 6.78. The van der Waals surface area contributed by atoms with Crippen LogP contribution in [0, 0.1) is 0 Å². The van der Waals surface area contributed by atoms with E-state index in [1.54, 1.807) is 25.5 Å². The van der Waals surface area contributed by atoms with E-state index in [1.807, 2.05) is 6.07 Å². The molecule has 0 N–H and O–H groups in total. The van der Waals surface area contributed by atoms with Gasteiger partial charge in [-0.1, -0.05) is 6.07 Å². The number of benzene rings is 1. The molecule has 1 amide bonds. The van der Waals surface area contributed by atoms with Crippen LogP contribution in [0.1, 0.15) is 15.9 Å². The fourth-order valence-corrected chi connectivity index (χ4v) is 1.84. The molecular weight excluding hydrogens is 278 g/mol. The first-order valence-corrected chi connectivity index (χ1v) is 6.25. The summed E-state index contributed by atoms with van der Waals surface area (Å²) in [6.45, 7) is -2.46. The Balaban J connectivity index is 2.02. The third-order valence-corrected chi connectivity index (χ3v) is 2.82. The minimum absolute atomic E-state index is 0.0245. The Morgan fingerprint density at radius 1 is 1.29 bits per heavy atom. The molecule has 2 rings (SSSR count). The molecule has 0 bridgehead atoms. The van der Waals surface area contributed by atoms with Crippen LogP contribution in [0.25, 0.3) is 0 Å². The van der Waals surface area contributed by atoms with Crippen molar-refractivity contribution in [3.63, 3.8) is 0 Å². The molecule has 0 saturated heterocycles. The first-order valence-electron chi connectivity index (χ1n) is 6.25. The molecule has 2 aromatic rings. The number of hydrogen-bond donors (Lipinski definition) is 0. The van der Waals surface area contributed by atoms with Crippen molar-refractivity contribution in [1.82, 2.24) is 9.88 Å². The van der Waals surface area contributed by atoms with Gasteiger partial charge in [0.25, 0.3) is 5.91 Å². The van der Waals surface area contributed by atoms with Gasteiger partial charge in [-0.2, -0.15) is 8.78 Å². The zero-order valence-electron chi connectivity index (χ0n) is 11.4. The highest BCUT2D eigenvalue weighted by atomic mass is 19.3. The van der Waals surface area contributed by atoms with Crippen LogP contribution in [-0.4, -0.2) is 29.5 Å². The third-order valence-electron chi connectivity index (χ3n) is 2.82. The van der Waals surface area contributed by atoms with E-state index >= 15 is 0 Å². The van der Waals surface area contributed by atoms with E-state index in [-0.39, 0.29) is 11.7 Å². The van der Waals surface area contributed by atoms with Gasteiger partial charge >= 0.3 is 6.61 Å². The van der Waals surface area contributed by atoms with Crippen LogP contribution in [0.15, 0.2) is 48.8 Å². The summed E-state index contributed by atoms with van der Waals surface area (Å²) in [4.78, 5) is 17.7. The van der Waals surface area contributed by atoms with Crippen molar-refractivity contribution >= 4 is 5.91 Å². The first kappa shape index (κ1) is 14.9. The van der Waals surface area contributed by atoms with Crippen LogP contribution < -0.4 is 4.74 Å². The van der Waals surface area contributed by atoms with Crippen LogP contribution in [0.5, 0.6) is 5.75 Å². The van der Waals surface area contributed by atoms with E-state index in [1.165, 1.54) is 29.2 Å². The Morgan fingerprint density at radius 2 is 2.00 bits per heavy atom. The molecule has 0 spiro atoms. The van der Waals surface area contributed by atoms with Crippen molar-refractivity contribution in [2.75, 3.05) is 7.05 Å². The monoisotopic (exact) mass is 292 g/mol. The van der Waals surface area contributed by atoms with Gasteiger partial charge in [0.1, 0.15) is 5.75 Å². The molecule has 4 nitrogen and oxygen atoms in total. The molecule has 1 aromatic heterocycles. The summed E-state index contributed by atoms with van der Waals surface area (Å²) < 4.78 is 28.3. The van der Waals surface area contributed by atoms with Crippen LogP contribution in [0.2, 0.25) is 0 Å². The topological polar surface area (TPSA) is 42.4 Å². The van der Waals surface area contributed by atoms with Gasteiger partial charge in [0.2, 0.25) is 0 Å². The van der Waals surface area contributed by atoms with E-state index in [9.17, 15) is 13.6 Å². The Kier molecular flexibility index (Phi) is 4.81. The molecule has 110 valence electrons. The highest BCUT2D eigenvalue weighted by molar-refractivity contribution is 5.94. The van der Waals surface area contributed by atoms with Crippen LogP contribution in [0.4, 0.5) is 8.78 Å². The number of pyridine rings is 1. The average Bonchev–Trinajstić information content (AvgIpc) is 2.47. The number of carbonyl (C=O) groups excluding carboxylic acids is 1. The average molecular weight is 292 g/mol. The summed E-state index contributed by atoms with van der Waals surface area (Å²) in [5.74, 6) is -0.182. The molecule has 0 unspecified atom stereocenters. The van der Waals surface area contributed by atoms with Crippen molar-refractivity contribution in [1.29, 1.82) is 0 Å². The quantitative estimate of drug-likeness (QED) is 0.851. The minimum Gasteiger partial charge on any atom is -0.435 e. The molecule has 0 aliphatic rings. The number of ether oxygens (including phenoxy) is 1. The number of halogens is 2. The van der Waals surface area contributed by atoms with Gasteiger partial charge in [-0.15, -0.1) is 0 Å². The Hall–Kier alpha value is -2.50. The molecule has 0 aliphatic carbocycles. The van der Waals surface area contributed by atoms with E-state index < -0.39 is 6.61 Å². The van der Waals surface area contributed by atoms with Crippen LogP contribution in [-0.2, 0) is 6.54 Å². The minimum atomic E-state index is -2.88. The van der Waals surface area contributed by atoms with Crippen molar-refractivity contribution in [2.45, 2.75) is 13.2 Å². The lowest BCUT2D eigenvalue weighted by Gasteiger charge is -2.17. The summed E-state index contributed by atoms with van der Waals surface area (Å²) in [6, 6.07) is 9.27. The molecule has 1 aromatic carbocycles. The summed E-state index contributed by atoms with van der Waals surface area (Å²) in [5.41, 5.74) is 1.31. The van der Waals surface area contributed by atoms with Crippen molar-refractivity contribution in [2.24, 2.45) is 0 Å². The lowest BCUT2D eigenvalue weighted by molar-refractivity contribution is -0.0498. The summed E-state index contributed by atoms with van der Waals surface area (Å²) in [5, 5.41) is 0. The van der Waals surface area contributed by atoms with Gasteiger partial charge in [-0.3, -0.25) is 9.78 Å². The van der Waals surface area contributed by atoms with Gasteiger partial charge in [0.05, 0.1) is 0 Å². The maximum absolute atomic E-state index is 12.2. The molecule has 0 aliphatic heterocycles. The van der Waals surface area contributed by atoms with E-state index in [2.05, 4.69) is 9.72 Å². The van der Waals surface area contributed by atoms with Gasteiger partial charge in [-0.05, 0) is 35.9 Å². The number of hydrogen-bond acceptors (Lipinski definition) is 3. The molecule has 6 heteroatoms. The standard InChI is InChI=1S/C15H14F2N2O2/c1-19(10-11-3-2-8-18-9-11)14(20)12-4-6-13(7-5-12)21-15(16)17/h2-9,15H,10H2,1H3. The van der Waals surface area contributed by atoms with Crippen molar-refractivity contribution in [3.05, 3.63) is 59.9 Å². The summed E-state index contributed by atoms with van der Waals surface area (Å²) in [7, 11) is 1.67. The van der Waals surface area contributed by atoms with E-state index in [0.717, 1.165) is 5.56 Å². The lowest BCUT2D eigenvalue weighted by Crippen LogP contribution is -2.26. The number of aromatic nitrogens is 1. The fraction of sp³-hybridized carbons (Fsp3) is 0.200. The highest BCUT2D eigenvalue weighted by Crippen LogP contribution is 2.16. The third kappa shape index (κ3) is 4.24. The van der Waals surface area contributed by atoms with Gasteiger partial charge in [-0.25, -0.2) is 0 Å². The molecule has 0 saturated carbocycles. The van der Waals surface area contributed by atoms with Gasteiger partial charge in [0.15, 0.2) is 0 Å². The smallest absolute Gasteiger partial charge is 0.387 e. The maximum Gasteiger partial charge on any atom is 0.387 e. The molecule has 1 heterocycles. The molecule has 0 radical (unpaired) electrons. The Labute approximate surface area is 121 Å². The fourth-order valence-electron chi connectivity index (χ4n) is 1.84. The summed E-state index contributed by atoms with van der Waals surface area (Å²) in [6.07, 6.45) is 3.34. The first-order chi connectivity index (χ1) is 10.1. The predicted molar refractivity (Wildman–Crippen MR) is 73.1 cm³/mol. The highest BCUT2D eigenvalue weighted by Gasteiger charge is 2.13. The second-order valence-corrected chi connectivity index (χ2v) is 4.43. The molecule has 0 atom stereocenters. The largest absolute Gasteiger partial charge is 0.435 e. The van der Waals surface area contributed by atoms with Gasteiger partial charge in [0, 0.05) is 31.5 Å². The predicted octanol–water partition coefficient (Wildman–Crippen LogP) is 2.96. The van der Waals surface area contributed by atoms with Crippen LogP contribution in [0.3, 0.4) is 0 Å². The van der Waals surface area contributed by atoms with E-state index in [4.69, 9.17) is 0 Å². The normalized spacial score (nSPS) is 10.5. The number of amides is 1. The van der Waals surface area contributed by atoms with Gasteiger partial charge < -0.3 is 9.64 Å². The van der Waals surface area contributed by atoms with Crippen molar-refractivity contribution < 1.29 is 18.3 Å². The SMILES string of the molecule is CN(Cc1cccnc1)C(=O)c1ccc(OC(F)F)cc1. The molecular formula is C15H14F2N2O2. The second-order valence-electron chi connectivity index (χ2n) is 4.43. The van der Waals surface area contributed by atoms with E-state index in [0.29, 0.717) is 12.1 Å². The lowest BCUT2D eigenvalue weighted by atomic mass is 10.2. The van der Waals surface area contributed by atoms with Crippen LogP contribution >= 0.6 is 0 Å². The Bertz CT molecular complexity index is 588. The zero-order valence-corrected chi connectivity index (χ0v) is 11.4. The zero-order chi connectivity index (χ0) is 15.2. The Morgan fingerprint density at radius 3 is 2.57 bits per heavy atom. The number of nitrogens with zero attached hydrogens (tertiary/aromatic N) is 2.